The molecule has 2 atom stereocenters. The quantitative estimate of drug-likeness (QED) is 0.248. The van der Waals surface area contributed by atoms with Crippen LogP contribution in [0.25, 0.3) is 28.5 Å². The van der Waals surface area contributed by atoms with Crippen LogP contribution in [0.3, 0.4) is 0 Å². The molecular weight excluding hydrogens is 627 g/mol. The van der Waals surface area contributed by atoms with Gasteiger partial charge in [0.05, 0.1) is 0 Å². The number of nitrogens with two attached hydrogens (primary N) is 1. The highest BCUT2D eigenvalue weighted by Crippen LogP contribution is 2.53. The SMILES string of the molecule is C=C(CC/C(=C\C)c1c2c(c(CCC/C=C(/C)N)c3ccccc13)=CCCC=2)C1=C2C=CCCC2=C(C2=CC3=CC=CCC3CC2)C2=CCCCC21. The Kier molecular flexibility index (Phi) is 10.2. The lowest BCUT2D eigenvalue weighted by Gasteiger charge is -2.40. The molecule has 0 saturated carbocycles. The molecule has 0 fully saturated rings. The third-order valence-corrected chi connectivity index (χ3v) is 12.7. The summed E-state index contributed by atoms with van der Waals surface area (Å²) in [5.74, 6) is 1.16. The van der Waals surface area contributed by atoms with Gasteiger partial charge in [0, 0.05) is 11.6 Å². The van der Waals surface area contributed by atoms with Crippen LogP contribution in [-0.4, -0.2) is 0 Å². The summed E-state index contributed by atoms with van der Waals surface area (Å²) in [5, 5.41) is 5.75. The van der Waals surface area contributed by atoms with Gasteiger partial charge >= 0.3 is 0 Å². The molecule has 6 aliphatic rings. The van der Waals surface area contributed by atoms with E-state index in [-0.39, 0.29) is 0 Å². The highest BCUT2D eigenvalue weighted by molar-refractivity contribution is 5.97. The Hall–Kier alpha value is -4.36. The Morgan fingerprint density at radius 3 is 2.63 bits per heavy atom. The highest BCUT2D eigenvalue weighted by atomic mass is 14.5. The van der Waals surface area contributed by atoms with Crippen LogP contribution in [0.15, 0.2) is 136 Å². The molecule has 8 rings (SSSR count). The minimum absolute atomic E-state index is 0.458. The zero-order valence-electron chi connectivity index (χ0n) is 31.7. The molecule has 0 heterocycles. The van der Waals surface area contributed by atoms with E-state index in [1.807, 2.05) is 6.92 Å². The van der Waals surface area contributed by atoms with E-state index in [0.717, 1.165) is 63.5 Å². The van der Waals surface area contributed by atoms with Crippen LogP contribution < -0.4 is 16.2 Å². The number of fused-ring (bicyclic) bond motifs is 5. The fraction of sp³-hybridized carbons (Fsp3) is 0.373. The summed E-state index contributed by atoms with van der Waals surface area (Å²) in [6.45, 7) is 9.19. The van der Waals surface area contributed by atoms with Gasteiger partial charge in [-0.2, -0.15) is 0 Å². The van der Waals surface area contributed by atoms with E-state index in [1.165, 1.54) is 87.6 Å². The second-order valence-corrected chi connectivity index (χ2v) is 16.0. The number of allylic oxidation sites excluding steroid dienone is 19. The molecule has 0 amide bonds. The van der Waals surface area contributed by atoms with Gasteiger partial charge in [0.15, 0.2) is 0 Å². The van der Waals surface area contributed by atoms with Crippen LogP contribution in [0, 0.1) is 11.8 Å². The maximum Gasteiger partial charge on any atom is 0.0101 e. The molecule has 266 valence electrons. The summed E-state index contributed by atoms with van der Waals surface area (Å²) in [5.41, 5.74) is 23.7. The van der Waals surface area contributed by atoms with Crippen LogP contribution in [0.2, 0.25) is 0 Å². The fourth-order valence-electron chi connectivity index (χ4n) is 10.3. The molecular formula is C51H57N. The van der Waals surface area contributed by atoms with Gasteiger partial charge in [0.1, 0.15) is 0 Å². The number of hydrogen-bond acceptors (Lipinski definition) is 1. The zero-order valence-corrected chi connectivity index (χ0v) is 31.7. The van der Waals surface area contributed by atoms with E-state index >= 15 is 0 Å². The molecule has 0 radical (unpaired) electrons. The summed E-state index contributed by atoms with van der Waals surface area (Å²) in [6, 6.07) is 9.20. The summed E-state index contributed by atoms with van der Waals surface area (Å²) in [6.07, 6.45) is 43.8. The van der Waals surface area contributed by atoms with Crippen molar-refractivity contribution in [3.05, 3.63) is 157 Å². The summed E-state index contributed by atoms with van der Waals surface area (Å²) in [4.78, 5) is 0. The molecule has 1 heteroatoms. The molecule has 2 N–H and O–H groups in total. The smallest absolute Gasteiger partial charge is 0.0101 e. The van der Waals surface area contributed by atoms with E-state index in [0.29, 0.717) is 11.8 Å². The molecule has 1 nitrogen and oxygen atoms in total. The number of hydrogen-bond donors (Lipinski definition) is 1. The molecule has 0 spiro atoms. The van der Waals surface area contributed by atoms with Gasteiger partial charge < -0.3 is 5.73 Å². The first-order valence-corrected chi connectivity index (χ1v) is 20.5. The number of benzene rings is 2. The summed E-state index contributed by atoms with van der Waals surface area (Å²) in [7, 11) is 0. The van der Waals surface area contributed by atoms with Crippen molar-refractivity contribution in [2.24, 2.45) is 17.6 Å². The van der Waals surface area contributed by atoms with Crippen molar-refractivity contribution < 1.29 is 0 Å². The monoisotopic (exact) mass is 683 g/mol. The first-order chi connectivity index (χ1) is 25.5. The second-order valence-electron chi connectivity index (χ2n) is 16.0. The van der Waals surface area contributed by atoms with E-state index in [1.54, 1.807) is 33.4 Å². The molecule has 0 saturated heterocycles. The Bertz CT molecular complexity index is 2210. The van der Waals surface area contributed by atoms with Gasteiger partial charge in [0.25, 0.3) is 0 Å². The van der Waals surface area contributed by atoms with E-state index in [2.05, 4.69) is 98.0 Å². The average Bonchev–Trinajstić information content (AvgIpc) is 3.18. The molecule has 0 aromatic heterocycles. The van der Waals surface area contributed by atoms with Crippen molar-refractivity contribution in [1.29, 1.82) is 0 Å². The minimum Gasteiger partial charge on any atom is -0.403 e. The third-order valence-electron chi connectivity index (χ3n) is 12.7. The van der Waals surface area contributed by atoms with Gasteiger partial charge in [-0.25, -0.2) is 0 Å². The largest absolute Gasteiger partial charge is 0.403 e. The first kappa shape index (κ1) is 34.7. The molecule has 6 aliphatic carbocycles. The van der Waals surface area contributed by atoms with Crippen molar-refractivity contribution in [3.8, 4) is 0 Å². The van der Waals surface area contributed by atoms with E-state index in [4.69, 9.17) is 12.3 Å². The van der Waals surface area contributed by atoms with Gasteiger partial charge in [-0.15, -0.1) is 0 Å². The van der Waals surface area contributed by atoms with Crippen molar-refractivity contribution in [2.45, 2.75) is 110 Å². The zero-order chi connectivity index (χ0) is 35.6. The van der Waals surface area contributed by atoms with Crippen molar-refractivity contribution in [2.75, 3.05) is 0 Å². The normalized spacial score (nSPS) is 22.8. The summed E-state index contributed by atoms with van der Waals surface area (Å²) >= 11 is 0. The number of rotatable bonds is 10. The van der Waals surface area contributed by atoms with Gasteiger partial charge in [-0.3, -0.25) is 0 Å². The van der Waals surface area contributed by atoms with Crippen LogP contribution in [0.1, 0.15) is 115 Å². The lowest BCUT2D eigenvalue weighted by atomic mass is 9.64. The maximum atomic E-state index is 5.98. The van der Waals surface area contributed by atoms with Crippen LogP contribution >= 0.6 is 0 Å². The van der Waals surface area contributed by atoms with Crippen molar-refractivity contribution >= 4 is 28.5 Å². The Balaban J connectivity index is 1.15. The van der Waals surface area contributed by atoms with Crippen LogP contribution in [-0.2, 0) is 6.42 Å². The minimum atomic E-state index is 0.458. The van der Waals surface area contributed by atoms with E-state index in [9.17, 15) is 0 Å². The van der Waals surface area contributed by atoms with Crippen molar-refractivity contribution in [1.82, 2.24) is 0 Å². The molecule has 2 aromatic carbocycles. The lowest BCUT2D eigenvalue weighted by molar-refractivity contribution is 0.544. The standard InChI is InChI=1S/C51H57N/c1-4-36(50-43-23-11-9-21-41(43)40(20-8-5-17-35(3)52)42-22-10-12-24-44(42)50)30-29-34(2)49-45-25-13-15-27-47(45)51(48-28-16-14-26-46(48)49)39-32-31-37-18-6-7-19-38(37)33-39/h4,6-7,9,11,13,17,19,21-25,28,33,37,46H,2,5,8,10,12,14-16,18,20,26-27,29-32,52H2,1,3H3/b35-17-,36-4+. The average molecular weight is 684 g/mol. The van der Waals surface area contributed by atoms with Crippen molar-refractivity contribution in [3.63, 3.8) is 0 Å². The molecule has 2 unspecified atom stereocenters. The fourth-order valence-corrected chi connectivity index (χ4v) is 10.3. The Labute approximate surface area is 312 Å². The van der Waals surface area contributed by atoms with Crippen LogP contribution in [0.5, 0.6) is 0 Å². The number of aryl methyl sites for hydroxylation is 1. The maximum absolute atomic E-state index is 5.98. The molecule has 0 aliphatic heterocycles. The predicted molar refractivity (Wildman–Crippen MR) is 225 cm³/mol. The Morgan fingerprint density at radius 1 is 0.942 bits per heavy atom. The predicted octanol–water partition coefficient (Wildman–Crippen LogP) is 12.0. The highest BCUT2D eigenvalue weighted by Gasteiger charge is 2.37. The third kappa shape index (κ3) is 6.57. The second kappa shape index (κ2) is 15.3. The molecule has 2 aromatic rings. The molecule has 52 heavy (non-hydrogen) atoms. The Morgan fingerprint density at radius 2 is 1.79 bits per heavy atom. The van der Waals surface area contributed by atoms with Crippen LogP contribution in [0.4, 0.5) is 0 Å². The number of unbranched alkanes of at least 4 members (excludes halogenated alkanes) is 1. The van der Waals surface area contributed by atoms with Gasteiger partial charge in [-0.1, -0.05) is 103 Å². The lowest BCUT2D eigenvalue weighted by Crippen LogP contribution is -2.34. The topological polar surface area (TPSA) is 26.0 Å². The molecule has 0 bridgehead atoms. The first-order valence-electron chi connectivity index (χ1n) is 20.5. The van der Waals surface area contributed by atoms with E-state index < -0.39 is 0 Å². The van der Waals surface area contributed by atoms with Gasteiger partial charge in [-0.05, 0) is 193 Å². The summed E-state index contributed by atoms with van der Waals surface area (Å²) < 4.78 is 0. The van der Waals surface area contributed by atoms with Gasteiger partial charge in [0.2, 0.25) is 0 Å².